The fourth-order valence-electron chi connectivity index (χ4n) is 3.77. The number of fused-ring (bicyclic) bond motifs is 1. The van der Waals surface area contributed by atoms with Crippen molar-refractivity contribution < 1.29 is 15.0 Å². The van der Waals surface area contributed by atoms with Crippen molar-refractivity contribution in [1.82, 2.24) is 20.0 Å². The van der Waals surface area contributed by atoms with E-state index >= 15 is 0 Å². The van der Waals surface area contributed by atoms with Gasteiger partial charge in [-0.3, -0.25) is 4.79 Å². The van der Waals surface area contributed by atoms with Crippen LogP contribution in [0.2, 0.25) is 0 Å². The third-order valence-electron chi connectivity index (χ3n) is 5.68. The second-order valence-corrected chi connectivity index (χ2v) is 7.78. The number of hydrogen-bond acceptors (Lipinski definition) is 5. The van der Waals surface area contributed by atoms with Crippen molar-refractivity contribution in [3.05, 3.63) is 96.0 Å². The number of carbonyl (C=O) groups is 1. The minimum atomic E-state index is -1.61. The van der Waals surface area contributed by atoms with Crippen molar-refractivity contribution in [2.45, 2.75) is 38.3 Å². The first-order valence-electron chi connectivity index (χ1n) is 10.2. The number of carbonyl (C=O) groups excluding carboxylic acids is 1. The Morgan fingerprint density at radius 3 is 2.26 bits per heavy atom. The van der Waals surface area contributed by atoms with Gasteiger partial charge in [0, 0.05) is 31.2 Å². The molecule has 1 aromatic heterocycles. The minimum absolute atomic E-state index is 0.329. The summed E-state index contributed by atoms with van der Waals surface area (Å²) in [6.07, 6.45) is 0.563. The number of aliphatic hydroxyl groups excluding tert-OH is 2. The highest BCUT2D eigenvalue weighted by molar-refractivity contribution is 5.82. The van der Waals surface area contributed by atoms with Crippen LogP contribution in [-0.2, 0) is 17.9 Å². The number of hydrogen-bond donors (Lipinski definition) is 3. The van der Waals surface area contributed by atoms with Gasteiger partial charge in [0.25, 0.3) is 5.91 Å². The zero-order valence-corrected chi connectivity index (χ0v) is 17.3. The molecule has 2 aromatic carbocycles. The molecule has 1 aliphatic heterocycles. The molecular weight excluding hydrogens is 392 g/mol. The number of nitrogens with one attached hydrogen (secondary N) is 1. The molecule has 0 spiro atoms. The smallest absolute Gasteiger partial charge is 0.252 e. The maximum atomic E-state index is 12.6. The molecule has 3 N–H and O–H groups in total. The van der Waals surface area contributed by atoms with Crippen molar-refractivity contribution in [3.8, 4) is 5.69 Å². The molecule has 0 saturated heterocycles. The number of nitrogens with zero attached hydrogens (tertiary/aromatic N) is 3. The molecule has 0 aliphatic carbocycles. The second-order valence-electron chi connectivity index (χ2n) is 7.78. The summed E-state index contributed by atoms with van der Waals surface area (Å²) in [5.74, 6) is -0.644. The third kappa shape index (κ3) is 4.38. The molecule has 3 unspecified atom stereocenters. The number of rotatable bonds is 7. The van der Waals surface area contributed by atoms with Gasteiger partial charge in [-0.25, -0.2) is 4.68 Å². The van der Waals surface area contributed by atoms with Crippen molar-refractivity contribution in [2.24, 2.45) is 0 Å². The Hall–Kier alpha value is -3.42. The highest BCUT2D eigenvalue weighted by Crippen LogP contribution is 2.27. The molecule has 3 aromatic rings. The maximum Gasteiger partial charge on any atom is 0.252 e. The number of aromatic nitrogens is 2. The maximum absolute atomic E-state index is 12.6. The van der Waals surface area contributed by atoms with Gasteiger partial charge in [-0.05, 0) is 41.8 Å². The highest BCUT2D eigenvalue weighted by atomic mass is 16.3. The van der Waals surface area contributed by atoms with Crippen LogP contribution in [0.15, 0.2) is 79.3 Å². The molecule has 0 radical (unpaired) electrons. The summed E-state index contributed by atoms with van der Waals surface area (Å²) in [5, 5.41) is 27.9. The molecule has 7 nitrogen and oxygen atoms in total. The zero-order valence-electron chi connectivity index (χ0n) is 17.3. The van der Waals surface area contributed by atoms with E-state index in [1.807, 2.05) is 72.6 Å². The summed E-state index contributed by atoms with van der Waals surface area (Å²) in [6, 6.07) is 17.1. The fourth-order valence-corrected chi connectivity index (χ4v) is 3.77. The van der Waals surface area contributed by atoms with Crippen LogP contribution in [0.5, 0.6) is 0 Å². The lowest BCUT2D eigenvalue weighted by Crippen LogP contribution is -2.45. The summed E-state index contributed by atoms with van der Waals surface area (Å²) < 4.78 is 1.75. The summed E-state index contributed by atoms with van der Waals surface area (Å²) in [6.45, 7) is 6.94. The molecule has 0 fully saturated rings. The lowest BCUT2D eigenvalue weighted by Gasteiger charge is -2.28. The third-order valence-corrected chi connectivity index (χ3v) is 5.68. The number of benzene rings is 2. The van der Waals surface area contributed by atoms with Gasteiger partial charge in [0.05, 0.1) is 11.7 Å². The summed E-state index contributed by atoms with van der Waals surface area (Å²) in [4.78, 5) is 14.4. The minimum Gasteiger partial charge on any atom is -0.384 e. The van der Waals surface area contributed by atoms with Gasteiger partial charge in [0.15, 0.2) is 6.10 Å². The van der Waals surface area contributed by atoms with Crippen LogP contribution in [0.4, 0.5) is 0 Å². The number of amides is 1. The normalized spacial score (nSPS) is 15.8. The predicted octanol–water partition coefficient (Wildman–Crippen LogP) is 2.30. The van der Waals surface area contributed by atoms with E-state index in [-0.39, 0.29) is 6.04 Å². The SMILES string of the molecule is C=C(C(O)C(O)C(=O)NC(C)c1ccc(-n2cccn2)cc1)N1Cc2ccccc2C1. The van der Waals surface area contributed by atoms with E-state index in [0.29, 0.717) is 18.8 Å². The molecule has 160 valence electrons. The van der Waals surface area contributed by atoms with Crippen molar-refractivity contribution in [1.29, 1.82) is 0 Å². The lowest BCUT2D eigenvalue weighted by molar-refractivity contribution is -0.135. The molecule has 4 rings (SSSR count). The van der Waals surface area contributed by atoms with E-state index in [1.165, 1.54) is 0 Å². The highest BCUT2D eigenvalue weighted by Gasteiger charge is 2.32. The van der Waals surface area contributed by atoms with Gasteiger partial charge < -0.3 is 20.4 Å². The molecule has 3 atom stereocenters. The molecule has 2 heterocycles. The van der Waals surface area contributed by atoms with Crippen LogP contribution < -0.4 is 5.32 Å². The van der Waals surface area contributed by atoms with E-state index in [4.69, 9.17) is 0 Å². The lowest BCUT2D eigenvalue weighted by atomic mass is 10.1. The van der Waals surface area contributed by atoms with Crippen LogP contribution in [0.25, 0.3) is 5.69 Å². The van der Waals surface area contributed by atoms with Crippen LogP contribution in [-0.4, -0.2) is 43.0 Å². The van der Waals surface area contributed by atoms with E-state index in [1.54, 1.807) is 10.9 Å². The van der Waals surface area contributed by atoms with E-state index in [2.05, 4.69) is 17.0 Å². The van der Waals surface area contributed by atoms with Crippen LogP contribution in [0, 0.1) is 0 Å². The van der Waals surface area contributed by atoms with Crippen LogP contribution in [0.3, 0.4) is 0 Å². The monoisotopic (exact) mass is 418 g/mol. The molecule has 7 heteroatoms. The van der Waals surface area contributed by atoms with Crippen molar-refractivity contribution in [3.63, 3.8) is 0 Å². The first kappa shape index (κ1) is 20.8. The van der Waals surface area contributed by atoms with Gasteiger partial charge >= 0.3 is 0 Å². The Morgan fingerprint density at radius 2 is 1.68 bits per heavy atom. The Morgan fingerprint density at radius 1 is 1.03 bits per heavy atom. The molecule has 31 heavy (non-hydrogen) atoms. The van der Waals surface area contributed by atoms with Crippen molar-refractivity contribution >= 4 is 5.91 Å². The first-order valence-corrected chi connectivity index (χ1v) is 10.2. The molecule has 1 amide bonds. The van der Waals surface area contributed by atoms with Crippen LogP contribution in [0.1, 0.15) is 29.7 Å². The second kappa shape index (κ2) is 8.75. The average Bonchev–Trinajstić information content (AvgIpc) is 3.47. The Labute approximate surface area is 181 Å². The molecule has 0 saturated carbocycles. The van der Waals surface area contributed by atoms with E-state index < -0.39 is 18.1 Å². The Bertz CT molecular complexity index is 1040. The van der Waals surface area contributed by atoms with E-state index in [9.17, 15) is 15.0 Å². The Kier molecular flexibility index (Phi) is 5.88. The Balaban J connectivity index is 1.35. The molecular formula is C24H26N4O3. The summed E-state index contributed by atoms with van der Waals surface area (Å²) in [7, 11) is 0. The predicted molar refractivity (Wildman–Crippen MR) is 117 cm³/mol. The van der Waals surface area contributed by atoms with Gasteiger partial charge in [-0.1, -0.05) is 43.0 Å². The van der Waals surface area contributed by atoms with Gasteiger partial charge in [0.2, 0.25) is 0 Å². The molecule has 1 aliphatic rings. The first-order chi connectivity index (χ1) is 14.9. The quantitative estimate of drug-likeness (QED) is 0.548. The zero-order chi connectivity index (χ0) is 22.0. The van der Waals surface area contributed by atoms with Gasteiger partial charge in [0.1, 0.15) is 6.10 Å². The molecule has 0 bridgehead atoms. The van der Waals surface area contributed by atoms with Crippen LogP contribution >= 0.6 is 0 Å². The summed E-state index contributed by atoms with van der Waals surface area (Å²) >= 11 is 0. The van der Waals surface area contributed by atoms with Crippen molar-refractivity contribution in [2.75, 3.05) is 0 Å². The van der Waals surface area contributed by atoms with E-state index in [0.717, 1.165) is 22.4 Å². The standard InChI is InChI=1S/C24H26N4O3/c1-16(18-8-10-21(11-9-18)28-13-5-12-25-28)26-24(31)23(30)22(29)17(2)27-14-19-6-3-4-7-20(19)15-27/h3-13,16,22-23,29-30H,2,14-15H2,1H3,(H,26,31). The largest absolute Gasteiger partial charge is 0.384 e. The summed E-state index contributed by atoms with van der Waals surface area (Å²) in [5.41, 5.74) is 4.42. The fraction of sp³-hybridized carbons (Fsp3) is 0.250. The average molecular weight is 418 g/mol. The van der Waals surface area contributed by atoms with Gasteiger partial charge in [-0.2, -0.15) is 5.10 Å². The van der Waals surface area contributed by atoms with Gasteiger partial charge in [-0.15, -0.1) is 0 Å². The topological polar surface area (TPSA) is 90.6 Å². The number of aliphatic hydroxyl groups is 2.